The molecule has 0 atom stereocenters. The SMILES string of the molecule is I.NC(=NCc1ccc(COCc2ccccc2)cc1)NCC1CCC1. The summed E-state index contributed by atoms with van der Waals surface area (Å²) in [5.41, 5.74) is 9.43. The van der Waals surface area contributed by atoms with Crippen molar-refractivity contribution in [3.8, 4) is 0 Å². The number of nitrogens with zero attached hydrogens (tertiary/aromatic N) is 1. The lowest BCUT2D eigenvalue weighted by molar-refractivity contribution is 0.107. The van der Waals surface area contributed by atoms with Gasteiger partial charge in [-0.15, -0.1) is 24.0 Å². The van der Waals surface area contributed by atoms with Crippen LogP contribution in [0.4, 0.5) is 0 Å². The van der Waals surface area contributed by atoms with E-state index in [1.807, 2.05) is 18.2 Å². The van der Waals surface area contributed by atoms with Gasteiger partial charge in [0, 0.05) is 6.54 Å². The average Bonchev–Trinajstić information content (AvgIpc) is 2.61. The van der Waals surface area contributed by atoms with Crippen LogP contribution in [0.15, 0.2) is 59.6 Å². The fraction of sp³-hybridized carbons (Fsp3) is 0.381. The summed E-state index contributed by atoms with van der Waals surface area (Å²) in [5, 5.41) is 3.22. The molecule has 0 bridgehead atoms. The predicted octanol–water partition coefficient (Wildman–Crippen LogP) is 4.23. The van der Waals surface area contributed by atoms with Gasteiger partial charge in [0.15, 0.2) is 5.96 Å². The van der Waals surface area contributed by atoms with Crippen LogP contribution in [0.1, 0.15) is 36.0 Å². The number of hydrogen-bond acceptors (Lipinski definition) is 2. The maximum Gasteiger partial charge on any atom is 0.188 e. The van der Waals surface area contributed by atoms with Gasteiger partial charge in [0.1, 0.15) is 0 Å². The Morgan fingerprint density at radius 2 is 1.58 bits per heavy atom. The fourth-order valence-electron chi connectivity index (χ4n) is 2.78. The van der Waals surface area contributed by atoms with Gasteiger partial charge in [0.25, 0.3) is 0 Å². The lowest BCUT2D eigenvalue weighted by atomic mass is 9.85. The van der Waals surface area contributed by atoms with E-state index in [2.05, 4.69) is 46.7 Å². The Kier molecular flexibility index (Phi) is 8.91. The van der Waals surface area contributed by atoms with E-state index in [4.69, 9.17) is 10.5 Å². The highest BCUT2D eigenvalue weighted by molar-refractivity contribution is 14.0. The molecule has 0 heterocycles. The normalized spacial score (nSPS) is 14.4. The molecule has 0 spiro atoms. The van der Waals surface area contributed by atoms with Crippen LogP contribution in [0, 0.1) is 5.92 Å². The van der Waals surface area contributed by atoms with Crippen molar-refractivity contribution in [1.82, 2.24) is 5.32 Å². The maximum absolute atomic E-state index is 5.92. The standard InChI is InChI=1S/C21H27N3O.HI/c22-21(23-13-17-7-4-8-17)24-14-18-9-11-20(12-10-18)16-25-15-19-5-2-1-3-6-19;/h1-3,5-6,9-12,17H,4,7-8,13-16H2,(H3,22,23,24);1H. The third-order valence-corrected chi connectivity index (χ3v) is 4.63. The molecule has 2 aromatic rings. The van der Waals surface area contributed by atoms with E-state index in [9.17, 15) is 0 Å². The van der Waals surface area contributed by atoms with Crippen molar-refractivity contribution in [1.29, 1.82) is 0 Å². The molecule has 0 aromatic heterocycles. The number of nitrogens with one attached hydrogen (secondary N) is 1. The molecular formula is C21H28IN3O. The highest BCUT2D eigenvalue weighted by atomic mass is 127. The first-order valence-electron chi connectivity index (χ1n) is 9.03. The Morgan fingerprint density at radius 3 is 2.19 bits per heavy atom. The summed E-state index contributed by atoms with van der Waals surface area (Å²) in [5.74, 6) is 1.33. The molecule has 1 saturated carbocycles. The summed E-state index contributed by atoms with van der Waals surface area (Å²) < 4.78 is 5.76. The summed E-state index contributed by atoms with van der Waals surface area (Å²) in [7, 11) is 0. The van der Waals surface area contributed by atoms with Crippen molar-refractivity contribution < 1.29 is 4.74 Å². The van der Waals surface area contributed by atoms with E-state index >= 15 is 0 Å². The zero-order valence-electron chi connectivity index (χ0n) is 15.1. The number of benzene rings is 2. The number of rotatable bonds is 8. The average molecular weight is 465 g/mol. The Hall–Kier alpha value is -1.60. The van der Waals surface area contributed by atoms with Gasteiger partial charge in [0.2, 0.25) is 0 Å². The molecule has 3 rings (SSSR count). The number of guanidine groups is 1. The lowest BCUT2D eigenvalue weighted by Crippen LogP contribution is -2.37. The first-order valence-corrected chi connectivity index (χ1v) is 9.03. The van der Waals surface area contributed by atoms with Crippen LogP contribution in [-0.4, -0.2) is 12.5 Å². The molecule has 3 N–H and O–H groups in total. The molecule has 0 radical (unpaired) electrons. The van der Waals surface area contributed by atoms with Crippen molar-refractivity contribution in [2.75, 3.05) is 6.54 Å². The second kappa shape index (κ2) is 11.2. The summed E-state index contributed by atoms with van der Waals surface area (Å²) in [6.45, 7) is 2.81. The molecule has 4 nitrogen and oxygen atoms in total. The Balaban J connectivity index is 0.00000243. The molecule has 0 aliphatic heterocycles. The minimum Gasteiger partial charge on any atom is -0.372 e. The molecule has 1 fully saturated rings. The molecule has 5 heteroatoms. The van der Waals surface area contributed by atoms with Gasteiger partial charge < -0.3 is 15.8 Å². The summed E-state index contributed by atoms with van der Waals surface area (Å²) in [6, 6.07) is 18.6. The van der Waals surface area contributed by atoms with Crippen LogP contribution in [0.25, 0.3) is 0 Å². The molecule has 2 aromatic carbocycles. The Bertz CT molecular complexity index is 669. The minimum absolute atomic E-state index is 0. The second-order valence-electron chi connectivity index (χ2n) is 6.67. The minimum atomic E-state index is 0. The van der Waals surface area contributed by atoms with Crippen molar-refractivity contribution in [2.45, 2.75) is 39.0 Å². The van der Waals surface area contributed by atoms with Crippen molar-refractivity contribution in [2.24, 2.45) is 16.6 Å². The number of nitrogens with two attached hydrogens (primary N) is 1. The van der Waals surface area contributed by atoms with Gasteiger partial charge in [-0.25, -0.2) is 4.99 Å². The van der Waals surface area contributed by atoms with Crippen LogP contribution < -0.4 is 11.1 Å². The van der Waals surface area contributed by atoms with Crippen LogP contribution in [-0.2, 0) is 24.5 Å². The summed E-state index contributed by atoms with van der Waals surface area (Å²) >= 11 is 0. The molecule has 1 aliphatic carbocycles. The number of halogens is 1. The van der Waals surface area contributed by atoms with E-state index in [0.717, 1.165) is 18.0 Å². The van der Waals surface area contributed by atoms with E-state index in [1.54, 1.807) is 0 Å². The topological polar surface area (TPSA) is 59.6 Å². The molecule has 1 aliphatic rings. The van der Waals surface area contributed by atoms with E-state index in [0.29, 0.717) is 25.7 Å². The van der Waals surface area contributed by atoms with Crippen molar-refractivity contribution in [3.63, 3.8) is 0 Å². The van der Waals surface area contributed by atoms with Gasteiger partial charge in [-0.2, -0.15) is 0 Å². The highest BCUT2D eigenvalue weighted by Gasteiger charge is 2.16. The first kappa shape index (κ1) is 20.7. The van der Waals surface area contributed by atoms with Gasteiger partial charge in [-0.1, -0.05) is 61.0 Å². The van der Waals surface area contributed by atoms with Gasteiger partial charge in [0.05, 0.1) is 19.8 Å². The Labute approximate surface area is 173 Å². The quantitative estimate of drug-likeness (QED) is 0.349. The maximum atomic E-state index is 5.92. The molecule has 0 amide bonds. The first-order chi connectivity index (χ1) is 12.3. The third-order valence-electron chi connectivity index (χ3n) is 4.63. The fourth-order valence-corrected chi connectivity index (χ4v) is 2.78. The van der Waals surface area contributed by atoms with E-state index in [-0.39, 0.29) is 24.0 Å². The van der Waals surface area contributed by atoms with Gasteiger partial charge in [-0.3, -0.25) is 0 Å². The third kappa shape index (κ3) is 6.96. The van der Waals surface area contributed by atoms with E-state index < -0.39 is 0 Å². The molecule has 0 saturated heterocycles. The van der Waals surface area contributed by atoms with Crippen LogP contribution >= 0.6 is 24.0 Å². The number of hydrogen-bond donors (Lipinski definition) is 2. The highest BCUT2D eigenvalue weighted by Crippen LogP contribution is 2.24. The predicted molar refractivity (Wildman–Crippen MR) is 117 cm³/mol. The second-order valence-corrected chi connectivity index (χ2v) is 6.67. The van der Waals surface area contributed by atoms with Crippen LogP contribution in [0.2, 0.25) is 0 Å². The van der Waals surface area contributed by atoms with Gasteiger partial charge >= 0.3 is 0 Å². The molecule has 26 heavy (non-hydrogen) atoms. The summed E-state index contributed by atoms with van der Waals surface area (Å²) in [6.07, 6.45) is 3.98. The van der Waals surface area contributed by atoms with E-state index in [1.165, 1.54) is 30.4 Å². The summed E-state index contributed by atoms with van der Waals surface area (Å²) in [4.78, 5) is 4.41. The van der Waals surface area contributed by atoms with Crippen molar-refractivity contribution >= 4 is 29.9 Å². The van der Waals surface area contributed by atoms with Crippen LogP contribution in [0.5, 0.6) is 0 Å². The Morgan fingerprint density at radius 1 is 0.962 bits per heavy atom. The smallest absolute Gasteiger partial charge is 0.188 e. The zero-order valence-corrected chi connectivity index (χ0v) is 17.4. The molecule has 140 valence electrons. The zero-order chi connectivity index (χ0) is 17.3. The van der Waals surface area contributed by atoms with Crippen LogP contribution in [0.3, 0.4) is 0 Å². The monoisotopic (exact) mass is 465 g/mol. The largest absolute Gasteiger partial charge is 0.372 e. The molecule has 0 unspecified atom stereocenters. The lowest BCUT2D eigenvalue weighted by Gasteiger charge is -2.25. The number of aliphatic imine (C=N–C) groups is 1. The van der Waals surface area contributed by atoms with Gasteiger partial charge in [-0.05, 0) is 35.4 Å². The van der Waals surface area contributed by atoms with Crippen molar-refractivity contribution in [3.05, 3.63) is 71.3 Å². The number of ether oxygens (including phenoxy) is 1. The molecular weight excluding hydrogens is 437 g/mol.